The molecule has 0 aromatic rings. The van der Waals surface area contributed by atoms with Gasteiger partial charge in [0.15, 0.2) is 0 Å². The maximum absolute atomic E-state index is 11.6. The summed E-state index contributed by atoms with van der Waals surface area (Å²) in [5, 5.41) is 9.52. The van der Waals surface area contributed by atoms with E-state index in [-0.39, 0.29) is 11.3 Å². The van der Waals surface area contributed by atoms with Crippen molar-refractivity contribution in [3.05, 3.63) is 35.5 Å². The van der Waals surface area contributed by atoms with E-state index in [0.717, 1.165) is 36.5 Å². The first-order valence-corrected chi connectivity index (χ1v) is 16.5. The molecule has 0 aliphatic heterocycles. The number of carbonyl (C=O) groups is 1. The van der Waals surface area contributed by atoms with Gasteiger partial charge in [0, 0.05) is 0 Å². The van der Waals surface area contributed by atoms with Crippen molar-refractivity contribution in [3.63, 3.8) is 0 Å². The van der Waals surface area contributed by atoms with Crippen LogP contribution in [-0.4, -0.2) is 11.1 Å². The Morgan fingerprint density at radius 1 is 0.872 bits per heavy atom. The monoisotopic (exact) mass is 532 g/mol. The fourth-order valence-electron chi connectivity index (χ4n) is 12.9. The first kappa shape index (κ1) is 27.8. The molecule has 1 N–H and O–H groups in total. The molecule has 39 heavy (non-hydrogen) atoms. The minimum atomic E-state index is -0.624. The van der Waals surface area contributed by atoms with Crippen LogP contribution in [0.25, 0.3) is 0 Å². The highest BCUT2D eigenvalue weighted by Gasteiger charge is 2.69. The van der Waals surface area contributed by atoms with Gasteiger partial charge in [0.1, 0.15) is 0 Å². The lowest BCUT2D eigenvalue weighted by Gasteiger charge is -2.72. The predicted molar refractivity (Wildman–Crippen MR) is 161 cm³/mol. The molecule has 1 unspecified atom stereocenters. The topological polar surface area (TPSA) is 37.3 Å². The Morgan fingerprint density at radius 3 is 2.26 bits per heavy atom. The number of hydrogen-bond acceptors (Lipinski definition) is 1. The van der Waals surface area contributed by atoms with Crippen LogP contribution in [0.5, 0.6) is 0 Å². The van der Waals surface area contributed by atoms with Crippen LogP contribution in [0.1, 0.15) is 126 Å². The van der Waals surface area contributed by atoms with Gasteiger partial charge in [0.25, 0.3) is 0 Å². The summed E-state index contributed by atoms with van der Waals surface area (Å²) in [6, 6.07) is 0. The quantitative estimate of drug-likeness (QED) is 0.367. The highest BCUT2D eigenvalue weighted by Crippen LogP contribution is 2.77. The van der Waals surface area contributed by atoms with Gasteiger partial charge in [-0.2, -0.15) is 0 Å². The smallest absolute Gasteiger partial charge is 0.306 e. The van der Waals surface area contributed by atoms with Gasteiger partial charge in [-0.1, -0.05) is 65.8 Å². The van der Waals surface area contributed by atoms with E-state index >= 15 is 0 Å². The molecule has 10 atom stereocenters. The van der Waals surface area contributed by atoms with Crippen LogP contribution in [0, 0.1) is 62.6 Å². The Bertz CT molecular complexity index is 1120. The number of hydrogen-bond donors (Lipinski definition) is 1. The third kappa shape index (κ3) is 3.67. The average Bonchev–Trinajstić information content (AvgIpc) is 3.22. The highest BCUT2D eigenvalue weighted by atomic mass is 16.4. The minimum absolute atomic E-state index is 0.148. The SMILES string of the molecule is C=C(C)[C@@H]1CC[C@]2(C)CC[C@]3(C)[C@H](CC[C@@H]4[C@@]5(C)CC=C(C6=CCC(C(=O)O)CC6)C(C)(C)[C@@H]5CC[C@]43C)[C@@H]12. The molecule has 0 amide bonds. The molecule has 0 saturated heterocycles. The summed E-state index contributed by atoms with van der Waals surface area (Å²) in [5.41, 5.74) is 6.32. The van der Waals surface area contributed by atoms with E-state index in [4.69, 9.17) is 0 Å². The van der Waals surface area contributed by atoms with E-state index in [9.17, 15) is 9.90 Å². The number of aliphatic carboxylic acids is 1. The maximum Gasteiger partial charge on any atom is 0.306 e. The second-order valence-corrected chi connectivity index (χ2v) is 16.9. The van der Waals surface area contributed by atoms with Crippen molar-refractivity contribution in [1.29, 1.82) is 0 Å². The third-order valence-electron chi connectivity index (χ3n) is 15.2. The lowest BCUT2D eigenvalue weighted by Crippen LogP contribution is -2.65. The van der Waals surface area contributed by atoms with Crippen molar-refractivity contribution in [2.45, 2.75) is 126 Å². The maximum atomic E-state index is 11.6. The number of carboxylic acid groups (broad SMARTS) is 1. The van der Waals surface area contributed by atoms with E-state index < -0.39 is 5.97 Å². The number of carboxylic acids is 1. The number of rotatable bonds is 3. The van der Waals surface area contributed by atoms with E-state index in [0.29, 0.717) is 34.0 Å². The van der Waals surface area contributed by atoms with E-state index in [1.54, 1.807) is 5.57 Å². The molecule has 0 radical (unpaired) electrons. The Hall–Kier alpha value is -1.31. The van der Waals surface area contributed by atoms with Gasteiger partial charge in [-0.05, 0) is 152 Å². The molecule has 4 saturated carbocycles. The molecule has 216 valence electrons. The Labute approximate surface area is 239 Å². The van der Waals surface area contributed by atoms with E-state index in [2.05, 4.69) is 67.2 Å². The molecule has 0 spiro atoms. The van der Waals surface area contributed by atoms with Crippen molar-refractivity contribution in [1.82, 2.24) is 0 Å². The number of allylic oxidation sites excluding steroid dienone is 5. The van der Waals surface area contributed by atoms with Crippen LogP contribution < -0.4 is 0 Å². The van der Waals surface area contributed by atoms with E-state index in [1.807, 2.05) is 0 Å². The van der Waals surface area contributed by atoms with Crippen LogP contribution >= 0.6 is 0 Å². The molecular weight excluding hydrogens is 476 g/mol. The Kier molecular flexibility index (Phi) is 6.31. The van der Waals surface area contributed by atoms with Crippen molar-refractivity contribution in [2.75, 3.05) is 0 Å². The molecule has 2 heteroatoms. The molecule has 6 rings (SSSR count). The average molecular weight is 533 g/mol. The van der Waals surface area contributed by atoms with Crippen LogP contribution in [-0.2, 0) is 4.79 Å². The zero-order valence-electron chi connectivity index (χ0n) is 26.2. The first-order valence-electron chi connectivity index (χ1n) is 16.5. The normalized spacial score (nSPS) is 50.4. The van der Waals surface area contributed by atoms with Gasteiger partial charge in [-0.15, -0.1) is 0 Å². The summed E-state index contributed by atoms with van der Waals surface area (Å²) in [7, 11) is 0. The van der Waals surface area contributed by atoms with Gasteiger partial charge >= 0.3 is 5.97 Å². The summed E-state index contributed by atoms with van der Waals surface area (Å²) >= 11 is 0. The molecule has 6 aliphatic rings. The standard InChI is InChI=1S/C37H56O2/c1-23(2)26-15-18-34(5)21-22-36(7)28(31(26)34)13-14-30-35(6)19-16-27(24-9-11-25(12-10-24)32(38)39)33(3,4)29(35)17-20-37(30,36)8/h9,16,25-26,28-31H,1,10-15,17-22H2,2-8H3,(H,38,39)/t25?,26-,28+,29-,30+,31+,34+,35-,36+,37+/m0/s1. The third-order valence-corrected chi connectivity index (χ3v) is 15.2. The van der Waals surface area contributed by atoms with Gasteiger partial charge in [0.05, 0.1) is 5.92 Å². The molecule has 0 aromatic heterocycles. The van der Waals surface area contributed by atoms with Crippen LogP contribution in [0.4, 0.5) is 0 Å². The van der Waals surface area contributed by atoms with Crippen LogP contribution in [0.15, 0.2) is 35.5 Å². The van der Waals surface area contributed by atoms with Crippen LogP contribution in [0.3, 0.4) is 0 Å². The second-order valence-electron chi connectivity index (χ2n) is 16.9. The fraction of sp³-hybridized carbons (Fsp3) is 0.811. The Balaban J connectivity index is 1.33. The lowest BCUT2D eigenvalue weighted by molar-refractivity contribution is -0.225. The summed E-state index contributed by atoms with van der Waals surface area (Å²) < 4.78 is 0. The van der Waals surface area contributed by atoms with Crippen molar-refractivity contribution in [3.8, 4) is 0 Å². The van der Waals surface area contributed by atoms with Crippen molar-refractivity contribution < 1.29 is 9.90 Å². The molecule has 2 nitrogen and oxygen atoms in total. The predicted octanol–water partition coefficient (Wildman–Crippen LogP) is 10.0. The van der Waals surface area contributed by atoms with Crippen molar-refractivity contribution in [2.24, 2.45) is 62.6 Å². The van der Waals surface area contributed by atoms with E-state index in [1.165, 1.54) is 68.9 Å². The second kappa shape index (κ2) is 8.84. The van der Waals surface area contributed by atoms with Gasteiger partial charge in [0.2, 0.25) is 0 Å². The van der Waals surface area contributed by atoms with Gasteiger partial charge in [-0.25, -0.2) is 0 Å². The minimum Gasteiger partial charge on any atom is -0.481 e. The molecular formula is C37H56O2. The highest BCUT2D eigenvalue weighted by molar-refractivity contribution is 5.70. The largest absolute Gasteiger partial charge is 0.481 e. The zero-order chi connectivity index (χ0) is 28.2. The van der Waals surface area contributed by atoms with Gasteiger partial charge in [-0.3, -0.25) is 4.79 Å². The summed E-state index contributed by atoms with van der Waals surface area (Å²) in [6.07, 6.45) is 19.7. The summed E-state index contributed by atoms with van der Waals surface area (Å²) in [6.45, 7) is 22.7. The number of fused-ring (bicyclic) bond motifs is 7. The van der Waals surface area contributed by atoms with Gasteiger partial charge < -0.3 is 5.11 Å². The molecule has 6 aliphatic carbocycles. The molecule has 0 heterocycles. The molecule has 0 aromatic carbocycles. The van der Waals surface area contributed by atoms with Crippen LogP contribution in [0.2, 0.25) is 0 Å². The molecule has 0 bridgehead atoms. The first-order chi connectivity index (χ1) is 18.2. The molecule has 4 fully saturated rings. The van der Waals surface area contributed by atoms with Crippen molar-refractivity contribution >= 4 is 5.97 Å². The summed E-state index contributed by atoms with van der Waals surface area (Å²) in [4.78, 5) is 11.6. The summed E-state index contributed by atoms with van der Waals surface area (Å²) in [5.74, 6) is 3.08. The fourth-order valence-corrected chi connectivity index (χ4v) is 12.9. The Morgan fingerprint density at radius 2 is 1.62 bits per heavy atom. The zero-order valence-corrected chi connectivity index (χ0v) is 26.2. The lowest BCUT2D eigenvalue weighted by atomic mass is 9.32.